The number of hydrogen-bond donors (Lipinski definition) is 2. The molecule has 0 saturated carbocycles. The number of carbonyl (C=O) groups is 2. The topological polar surface area (TPSA) is 66.4 Å². The van der Waals surface area contributed by atoms with Crippen LogP contribution in [0, 0.1) is 0 Å². The Bertz CT molecular complexity index is 344. The number of nitrogens with one attached hydrogen (secondary N) is 1. The third kappa shape index (κ3) is 17.8. The molecule has 26 heavy (non-hydrogen) atoms. The van der Waals surface area contributed by atoms with Gasteiger partial charge in [-0.05, 0) is 6.42 Å². The molecule has 0 bridgehead atoms. The van der Waals surface area contributed by atoms with Crippen LogP contribution in [0.4, 0.5) is 0 Å². The zero-order valence-electron chi connectivity index (χ0n) is 17.4. The minimum Gasteiger partial charge on any atom is -0.480 e. The lowest BCUT2D eigenvalue weighted by Gasteiger charge is -2.12. The second-order valence-electron chi connectivity index (χ2n) is 7.68. The summed E-state index contributed by atoms with van der Waals surface area (Å²) in [4.78, 5) is 22.0. The predicted molar refractivity (Wildman–Crippen MR) is 109 cm³/mol. The highest BCUT2D eigenvalue weighted by atomic mass is 16.4. The van der Waals surface area contributed by atoms with Crippen LogP contribution in [0.2, 0.25) is 0 Å². The summed E-state index contributed by atoms with van der Waals surface area (Å²) in [7, 11) is 0. The molecule has 0 spiro atoms. The first-order chi connectivity index (χ1) is 12.6. The largest absolute Gasteiger partial charge is 0.480 e. The second kappa shape index (κ2) is 18.7. The quantitative estimate of drug-likeness (QED) is 0.265. The maximum Gasteiger partial charge on any atom is 0.326 e. The van der Waals surface area contributed by atoms with Crippen LogP contribution in [0.25, 0.3) is 0 Å². The lowest BCUT2D eigenvalue weighted by molar-refractivity contribution is -0.141. The Labute approximate surface area is 161 Å². The van der Waals surface area contributed by atoms with Crippen molar-refractivity contribution in [1.29, 1.82) is 0 Å². The van der Waals surface area contributed by atoms with E-state index >= 15 is 0 Å². The maximum atomic E-state index is 11.0. The van der Waals surface area contributed by atoms with E-state index in [9.17, 15) is 9.59 Å². The molecule has 0 unspecified atom stereocenters. The minimum absolute atomic E-state index is 0.270. The van der Waals surface area contributed by atoms with Crippen LogP contribution in [-0.4, -0.2) is 23.0 Å². The Balaban J connectivity index is 3.26. The molecule has 4 nitrogen and oxygen atoms in total. The lowest BCUT2D eigenvalue weighted by atomic mass is 10.0. The Hall–Kier alpha value is -1.06. The van der Waals surface area contributed by atoms with Gasteiger partial charge in [0.15, 0.2) is 0 Å². The number of carboxylic acid groups (broad SMARTS) is 1. The van der Waals surface area contributed by atoms with Gasteiger partial charge in [-0.25, -0.2) is 4.79 Å². The van der Waals surface area contributed by atoms with E-state index < -0.39 is 12.0 Å². The molecular formula is C22H43NO3. The van der Waals surface area contributed by atoms with Crippen molar-refractivity contribution in [2.24, 2.45) is 0 Å². The van der Waals surface area contributed by atoms with Crippen molar-refractivity contribution in [1.82, 2.24) is 5.32 Å². The van der Waals surface area contributed by atoms with E-state index in [1.807, 2.05) is 0 Å². The molecule has 0 fully saturated rings. The van der Waals surface area contributed by atoms with Gasteiger partial charge in [-0.1, -0.05) is 110 Å². The number of rotatable bonds is 19. The SMILES string of the molecule is CCCCCCCCCCCCCCCCCC[C@H](NC(C)=O)C(=O)O. The summed E-state index contributed by atoms with van der Waals surface area (Å²) in [5, 5.41) is 11.5. The molecule has 154 valence electrons. The van der Waals surface area contributed by atoms with Gasteiger partial charge in [0.2, 0.25) is 5.91 Å². The molecule has 0 aromatic heterocycles. The molecule has 0 radical (unpaired) electrons. The Kier molecular flexibility index (Phi) is 18.0. The number of hydrogen-bond acceptors (Lipinski definition) is 2. The number of unbranched alkanes of at least 4 members (excludes halogenated alkanes) is 15. The molecular weight excluding hydrogens is 326 g/mol. The molecule has 2 N–H and O–H groups in total. The van der Waals surface area contributed by atoms with Crippen LogP contribution in [-0.2, 0) is 9.59 Å². The average Bonchev–Trinajstić information content (AvgIpc) is 2.59. The van der Waals surface area contributed by atoms with Crippen molar-refractivity contribution < 1.29 is 14.7 Å². The summed E-state index contributed by atoms with van der Waals surface area (Å²) >= 11 is 0. The number of aliphatic carboxylic acids is 1. The highest BCUT2D eigenvalue weighted by molar-refractivity contribution is 5.81. The van der Waals surface area contributed by atoms with Crippen molar-refractivity contribution in [3.63, 3.8) is 0 Å². The average molecular weight is 370 g/mol. The summed E-state index contributed by atoms with van der Waals surface area (Å²) in [6.07, 6.45) is 21.5. The van der Waals surface area contributed by atoms with Gasteiger partial charge < -0.3 is 10.4 Å². The van der Waals surface area contributed by atoms with Gasteiger partial charge in [-0.2, -0.15) is 0 Å². The van der Waals surface area contributed by atoms with E-state index in [1.54, 1.807) is 0 Å². The van der Waals surface area contributed by atoms with Crippen LogP contribution in [0.15, 0.2) is 0 Å². The number of carboxylic acids is 1. The van der Waals surface area contributed by atoms with E-state index in [1.165, 1.54) is 96.8 Å². The first kappa shape index (κ1) is 24.9. The zero-order valence-corrected chi connectivity index (χ0v) is 17.4. The van der Waals surface area contributed by atoms with Crippen LogP contribution >= 0.6 is 0 Å². The van der Waals surface area contributed by atoms with Crippen molar-refractivity contribution in [3.8, 4) is 0 Å². The fourth-order valence-electron chi connectivity index (χ4n) is 3.40. The molecule has 0 saturated heterocycles. The van der Waals surface area contributed by atoms with E-state index in [0.29, 0.717) is 6.42 Å². The molecule has 1 amide bonds. The van der Waals surface area contributed by atoms with Crippen molar-refractivity contribution >= 4 is 11.9 Å². The molecule has 0 aromatic carbocycles. The molecule has 0 aromatic rings. The van der Waals surface area contributed by atoms with Gasteiger partial charge >= 0.3 is 5.97 Å². The van der Waals surface area contributed by atoms with E-state index in [2.05, 4.69) is 12.2 Å². The lowest BCUT2D eigenvalue weighted by Crippen LogP contribution is -2.39. The molecule has 0 aliphatic rings. The molecule has 4 heteroatoms. The van der Waals surface area contributed by atoms with Gasteiger partial charge in [0, 0.05) is 6.92 Å². The number of amides is 1. The summed E-state index contributed by atoms with van der Waals surface area (Å²) in [6.45, 7) is 3.63. The Morgan fingerprint density at radius 3 is 1.35 bits per heavy atom. The maximum absolute atomic E-state index is 11.0. The summed E-state index contributed by atoms with van der Waals surface area (Å²) in [6, 6.07) is -0.723. The molecule has 0 aliphatic carbocycles. The van der Waals surface area contributed by atoms with Gasteiger partial charge in [0.1, 0.15) is 6.04 Å². The highest BCUT2D eigenvalue weighted by Crippen LogP contribution is 2.14. The van der Waals surface area contributed by atoms with Crippen molar-refractivity contribution in [2.45, 2.75) is 129 Å². The number of carbonyl (C=O) groups excluding carboxylic acids is 1. The van der Waals surface area contributed by atoms with Crippen LogP contribution in [0.5, 0.6) is 0 Å². The van der Waals surface area contributed by atoms with Crippen molar-refractivity contribution in [3.05, 3.63) is 0 Å². The Morgan fingerprint density at radius 1 is 0.692 bits per heavy atom. The first-order valence-corrected chi connectivity index (χ1v) is 11.1. The first-order valence-electron chi connectivity index (χ1n) is 11.1. The van der Waals surface area contributed by atoms with Crippen molar-refractivity contribution in [2.75, 3.05) is 0 Å². The second-order valence-corrected chi connectivity index (χ2v) is 7.68. The molecule has 0 rings (SSSR count). The minimum atomic E-state index is -0.929. The fraction of sp³-hybridized carbons (Fsp3) is 0.909. The zero-order chi connectivity index (χ0) is 19.5. The van der Waals surface area contributed by atoms with E-state index in [0.717, 1.165) is 12.8 Å². The monoisotopic (exact) mass is 369 g/mol. The van der Waals surface area contributed by atoms with Crippen LogP contribution in [0.1, 0.15) is 123 Å². The predicted octanol–water partition coefficient (Wildman–Crippen LogP) is 6.23. The van der Waals surface area contributed by atoms with E-state index in [4.69, 9.17) is 5.11 Å². The van der Waals surface area contributed by atoms with Gasteiger partial charge in [-0.3, -0.25) is 4.79 Å². The summed E-state index contributed by atoms with van der Waals surface area (Å²) in [5.74, 6) is -1.20. The highest BCUT2D eigenvalue weighted by Gasteiger charge is 2.17. The Morgan fingerprint density at radius 2 is 1.04 bits per heavy atom. The molecule has 0 heterocycles. The normalized spacial score (nSPS) is 12.1. The third-order valence-corrected chi connectivity index (χ3v) is 5.02. The fourth-order valence-corrected chi connectivity index (χ4v) is 3.40. The standard InChI is InChI=1S/C22H43NO3/c1-3-4-5-6-7-8-9-10-11-12-13-14-15-16-17-18-19-21(22(25)26)23-20(2)24/h21H,3-19H2,1-2H3,(H,23,24)(H,25,26)/t21-/m0/s1. The van der Waals surface area contributed by atoms with Gasteiger partial charge in [0.25, 0.3) is 0 Å². The third-order valence-electron chi connectivity index (χ3n) is 5.02. The molecule has 1 atom stereocenters. The smallest absolute Gasteiger partial charge is 0.326 e. The molecule has 0 aliphatic heterocycles. The van der Waals surface area contributed by atoms with Crippen LogP contribution < -0.4 is 5.32 Å². The summed E-state index contributed by atoms with van der Waals surface area (Å²) < 4.78 is 0. The summed E-state index contributed by atoms with van der Waals surface area (Å²) in [5.41, 5.74) is 0. The van der Waals surface area contributed by atoms with Crippen LogP contribution in [0.3, 0.4) is 0 Å². The van der Waals surface area contributed by atoms with Gasteiger partial charge in [0.05, 0.1) is 0 Å². The van der Waals surface area contributed by atoms with E-state index in [-0.39, 0.29) is 5.91 Å². The van der Waals surface area contributed by atoms with Gasteiger partial charge in [-0.15, -0.1) is 0 Å².